The number of nitrogens with one attached hydrogen (secondary N) is 1. The van der Waals surface area contributed by atoms with E-state index in [0.29, 0.717) is 56.7 Å². The molecule has 2 aliphatic rings. The zero-order chi connectivity index (χ0) is 38.9. The number of nitrogens with zero attached hydrogens (tertiary/aromatic N) is 2. The molecule has 3 rings (SSSR count). The molecule has 2 saturated heterocycles. The van der Waals surface area contributed by atoms with Gasteiger partial charge in [0.05, 0.1) is 39.1 Å². The van der Waals surface area contributed by atoms with Crippen LogP contribution in [-0.2, 0) is 30.2 Å². The van der Waals surface area contributed by atoms with Crippen LogP contribution in [0, 0.1) is 23.7 Å². The van der Waals surface area contributed by atoms with E-state index in [9.17, 15) is 9.59 Å². The molecule has 4 atom stereocenters. The molecular formula is C41H71N3O8. The van der Waals surface area contributed by atoms with Crippen LogP contribution in [0.25, 0.3) is 0 Å². The molecule has 0 aliphatic carbocycles. The molecule has 2 amide bonds. The van der Waals surface area contributed by atoms with Gasteiger partial charge in [-0.1, -0.05) is 33.8 Å². The third kappa shape index (κ3) is 13.1. The third-order valence-electron chi connectivity index (χ3n) is 10.1. The SMILES string of the molecule is COCCCOc1cc(C[C@@H](C[C@H]2[C@H](C[C@H](C(=O)NC(C)(C)CN3CCOCC3)C(C)C)OC(C)(C)N2C(=O)OC(C)(C)C)C(C)C)ccc1OC. The van der Waals surface area contributed by atoms with E-state index in [1.807, 2.05) is 40.7 Å². The van der Waals surface area contributed by atoms with Crippen molar-refractivity contribution in [3.05, 3.63) is 23.8 Å². The van der Waals surface area contributed by atoms with Crippen LogP contribution in [0.2, 0.25) is 0 Å². The molecule has 1 aromatic carbocycles. The number of carbonyl (C=O) groups is 2. The van der Waals surface area contributed by atoms with Gasteiger partial charge in [0.25, 0.3) is 0 Å². The zero-order valence-electron chi connectivity index (χ0n) is 34.6. The number of carbonyl (C=O) groups excluding carboxylic acids is 2. The van der Waals surface area contributed by atoms with E-state index in [1.54, 1.807) is 19.1 Å². The van der Waals surface area contributed by atoms with Gasteiger partial charge in [-0.05, 0) is 103 Å². The number of rotatable bonds is 18. The Labute approximate surface area is 314 Å². The number of benzene rings is 1. The van der Waals surface area contributed by atoms with Gasteiger partial charge < -0.3 is 33.7 Å². The molecule has 0 bridgehead atoms. The van der Waals surface area contributed by atoms with Crippen molar-refractivity contribution in [2.24, 2.45) is 23.7 Å². The highest BCUT2D eigenvalue weighted by Crippen LogP contribution is 2.42. The van der Waals surface area contributed by atoms with Crippen molar-refractivity contribution >= 4 is 12.0 Å². The van der Waals surface area contributed by atoms with Crippen LogP contribution in [-0.4, -0.2) is 111 Å². The van der Waals surface area contributed by atoms with E-state index in [0.717, 1.165) is 38.0 Å². The molecule has 0 aromatic heterocycles. The minimum atomic E-state index is -0.934. The first-order valence-corrected chi connectivity index (χ1v) is 19.4. The lowest BCUT2D eigenvalue weighted by Crippen LogP contribution is -2.55. The van der Waals surface area contributed by atoms with Crippen LogP contribution in [0.4, 0.5) is 4.79 Å². The van der Waals surface area contributed by atoms with Gasteiger partial charge in [-0.2, -0.15) is 0 Å². The largest absolute Gasteiger partial charge is 0.493 e. The quantitative estimate of drug-likeness (QED) is 0.161. The summed E-state index contributed by atoms with van der Waals surface area (Å²) in [5.74, 6) is 1.63. The van der Waals surface area contributed by atoms with Crippen LogP contribution in [0.1, 0.15) is 101 Å². The van der Waals surface area contributed by atoms with E-state index in [4.69, 9.17) is 28.4 Å². The Bertz CT molecular complexity index is 1270. The van der Waals surface area contributed by atoms with Gasteiger partial charge >= 0.3 is 6.09 Å². The maximum atomic E-state index is 14.1. The lowest BCUT2D eigenvalue weighted by Gasteiger charge is -2.38. The molecule has 2 aliphatic heterocycles. The van der Waals surface area contributed by atoms with Gasteiger partial charge in [0.1, 0.15) is 11.3 Å². The van der Waals surface area contributed by atoms with Crippen molar-refractivity contribution in [2.45, 2.75) is 131 Å². The fraction of sp³-hybridized carbons (Fsp3) is 0.805. The van der Waals surface area contributed by atoms with Crippen LogP contribution >= 0.6 is 0 Å². The molecule has 0 saturated carbocycles. The number of hydrogen-bond donors (Lipinski definition) is 1. The van der Waals surface area contributed by atoms with Gasteiger partial charge in [0.2, 0.25) is 5.91 Å². The summed E-state index contributed by atoms with van der Waals surface area (Å²) in [5.41, 5.74) is -0.910. The summed E-state index contributed by atoms with van der Waals surface area (Å²) in [6, 6.07) is 5.81. The second kappa shape index (κ2) is 19.1. The monoisotopic (exact) mass is 734 g/mol. The van der Waals surface area contributed by atoms with Gasteiger partial charge in [0.15, 0.2) is 11.5 Å². The molecule has 1 N–H and O–H groups in total. The molecule has 0 unspecified atom stereocenters. The van der Waals surface area contributed by atoms with Gasteiger partial charge in [-0.25, -0.2) is 4.79 Å². The molecular weight excluding hydrogens is 662 g/mol. The highest BCUT2D eigenvalue weighted by molar-refractivity contribution is 5.79. The number of methoxy groups -OCH3 is 2. The Kier molecular flexibility index (Phi) is 16.1. The van der Waals surface area contributed by atoms with Crippen molar-refractivity contribution < 1.29 is 38.0 Å². The number of morpholine rings is 1. The van der Waals surface area contributed by atoms with Gasteiger partial charge in [0, 0.05) is 51.2 Å². The van der Waals surface area contributed by atoms with E-state index in [1.165, 1.54) is 0 Å². The Hall–Kier alpha value is -2.60. The second-order valence-corrected chi connectivity index (χ2v) is 17.5. The van der Waals surface area contributed by atoms with Crippen molar-refractivity contribution in [1.29, 1.82) is 0 Å². The number of ether oxygens (including phenoxy) is 6. The molecule has 1 aromatic rings. The Balaban J connectivity index is 1.91. The molecule has 0 spiro atoms. The van der Waals surface area contributed by atoms with E-state index in [2.05, 4.69) is 63.9 Å². The average Bonchev–Trinajstić information content (AvgIpc) is 3.29. The minimum absolute atomic E-state index is 0.0146. The van der Waals surface area contributed by atoms with Crippen molar-refractivity contribution in [3.63, 3.8) is 0 Å². The van der Waals surface area contributed by atoms with Crippen LogP contribution in [0.15, 0.2) is 18.2 Å². The summed E-state index contributed by atoms with van der Waals surface area (Å²) >= 11 is 0. The highest BCUT2D eigenvalue weighted by atomic mass is 16.6. The summed E-state index contributed by atoms with van der Waals surface area (Å²) in [5, 5.41) is 3.38. The summed E-state index contributed by atoms with van der Waals surface area (Å²) in [4.78, 5) is 32.3. The Morgan fingerprint density at radius 2 is 1.63 bits per heavy atom. The fourth-order valence-corrected chi connectivity index (χ4v) is 7.47. The Morgan fingerprint density at radius 1 is 0.962 bits per heavy atom. The second-order valence-electron chi connectivity index (χ2n) is 17.5. The summed E-state index contributed by atoms with van der Waals surface area (Å²) in [6.45, 7) is 27.4. The van der Waals surface area contributed by atoms with Crippen LogP contribution in [0.3, 0.4) is 0 Å². The smallest absolute Gasteiger partial charge is 0.412 e. The van der Waals surface area contributed by atoms with Gasteiger partial charge in [-0.15, -0.1) is 0 Å². The standard InChI is InChI=1S/C41H71N3O8/c1-28(2)31(23-30-15-16-34(48-13)36(24-30)50-20-14-19-47-12)25-33-35(51-41(10,11)44(33)38(46)52-39(5,6)7)26-32(29(3)4)37(45)42-40(8,9)27-43-17-21-49-22-18-43/h15-16,24,28-29,31-33,35H,14,17-23,25-27H2,1-13H3,(H,42,45)/t31-,32-,33-,35-/m0/s1. The van der Waals surface area contributed by atoms with Crippen molar-refractivity contribution in [2.75, 3.05) is 60.3 Å². The topological polar surface area (TPSA) is 108 Å². The first kappa shape index (κ1) is 43.8. The summed E-state index contributed by atoms with van der Waals surface area (Å²) in [6.07, 6.45) is 1.93. The molecule has 298 valence electrons. The molecule has 11 nitrogen and oxygen atoms in total. The first-order chi connectivity index (χ1) is 24.3. The lowest BCUT2D eigenvalue weighted by atomic mass is 9.80. The van der Waals surface area contributed by atoms with E-state index >= 15 is 0 Å². The molecule has 52 heavy (non-hydrogen) atoms. The zero-order valence-corrected chi connectivity index (χ0v) is 34.6. The maximum absolute atomic E-state index is 14.1. The van der Waals surface area contributed by atoms with Crippen molar-refractivity contribution in [1.82, 2.24) is 15.1 Å². The summed E-state index contributed by atoms with van der Waals surface area (Å²) in [7, 11) is 3.33. The van der Waals surface area contributed by atoms with Crippen molar-refractivity contribution in [3.8, 4) is 11.5 Å². The third-order valence-corrected chi connectivity index (χ3v) is 10.1. The highest BCUT2D eigenvalue weighted by Gasteiger charge is 2.52. The first-order valence-electron chi connectivity index (χ1n) is 19.4. The molecule has 2 fully saturated rings. The maximum Gasteiger partial charge on any atom is 0.412 e. The normalized spacial score (nSPS) is 20.9. The lowest BCUT2D eigenvalue weighted by molar-refractivity contribution is -0.131. The van der Waals surface area contributed by atoms with Gasteiger partial charge in [-0.3, -0.25) is 14.6 Å². The fourth-order valence-electron chi connectivity index (χ4n) is 7.47. The molecule has 0 radical (unpaired) electrons. The predicted octanol–water partition coefficient (Wildman–Crippen LogP) is 6.95. The number of amides is 2. The average molecular weight is 734 g/mol. The molecule has 11 heteroatoms. The van der Waals surface area contributed by atoms with Crippen LogP contribution in [0.5, 0.6) is 11.5 Å². The number of hydrogen-bond acceptors (Lipinski definition) is 9. The summed E-state index contributed by atoms with van der Waals surface area (Å²) < 4.78 is 35.3. The van der Waals surface area contributed by atoms with E-state index < -0.39 is 23.0 Å². The Morgan fingerprint density at radius 3 is 2.21 bits per heavy atom. The molecule has 2 heterocycles. The predicted molar refractivity (Wildman–Crippen MR) is 205 cm³/mol. The van der Waals surface area contributed by atoms with E-state index in [-0.39, 0.29) is 35.8 Å². The minimum Gasteiger partial charge on any atom is -0.493 e. The van der Waals surface area contributed by atoms with Crippen LogP contribution < -0.4 is 14.8 Å².